The fraction of sp³-hybridized carbons (Fsp3) is 0.259. The first kappa shape index (κ1) is 21.5. The molecule has 0 unspecified atom stereocenters. The third-order valence-corrected chi connectivity index (χ3v) is 6.44. The largest absolute Gasteiger partial charge is 0.454 e. The van der Waals surface area contributed by atoms with Crippen molar-refractivity contribution in [2.75, 3.05) is 47.9 Å². The molecule has 1 fully saturated rings. The lowest BCUT2D eigenvalue weighted by atomic mass is 10.1. The molecule has 0 spiro atoms. The summed E-state index contributed by atoms with van der Waals surface area (Å²) in [5.74, 6) is 1.68. The highest BCUT2D eigenvalue weighted by atomic mass is 16.7. The number of ketones is 1. The van der Waals surface area contributed by atoms with Gasteiger partial charge in [-0.3, -0.25) is 9.69 Å². The van der Waals surface area contributed by atoms with E-state index in [0.29, 0.717) is 17.3 Å². The van der Waals surface area contributed by atoms with E-state index in [2.05, 4.69) is 29.2 Å². The average molecular weight is 471 g/mol. The van der Waals surface area contributed by atoms with Crippen LogP contribution >= 0.6 is 0 Å². The van der Waals surface area contributed by atoms with Gasteiger partial charge in [0, 0.05) is 37.0 Å². The van der Waals surface area contributed by atoms with E-state index in [-0.39, 0.29) is 18.7 Å². The van der Waals surface area contributed by atoms with Crippen molar-refractivity contribution in [3.8, 4) is 11.5 Å². The maximum atomic E-state index is 12.8. The van der Waals surface area contributed by atoms with Crippen molar-refractivity contribution in [3.05, 3.63) is 78.4 Å². The van der Waals surface area contributed by atoms with Crippen molar-refractivity contribution in [1.29, 1.82) is 0 Å². The van der Waals surface area contributed by atoms with Gasteiger partial charge in [-0.1, -0.05) is 24.3 Å². The monoisotopic (exact) mass is 470 g/mol. The molecular weight excluding hydrogens is 444 g/mol. The van der Waals surface area contributed by atoms with Crippen LogP contribution in [0.5, 0.6) is 11.5 Å². The van der Waals surface area contributed by atoms with Crippen LogP contribution in [0.15, 0.2) is 77.9 Å². The Labute approximate surface area is 203 Å². The molecule has 3 aromatic rings. The summed E-state index contributed by atoms with van der Waals surface area (Å²) < 4.78 is 16.7. The Morgan fingerprint density at radius 1 is 0.857 bits per heavy atom. The highest BCUT2D eigenvalue weighted by Crippen LogP contribution is 2.42. The zero-order chi connectivity index (χ0) is 23.8. The molecule has 0 aliphatic carbocycles. The molecule has 8 heteroatoms. The molecule has 0 N–H and O–H groups in total. The van der Waals surface area contributed by atoms with Gasteiger partial charge in [0.05, 0.1) is 18.9 Å². The van der Waals surface area contributed by atoms with Crippen LogP contribution in [0.3, 0.4) is 0 Å². The number of fused-ring (bicyclic) bond motifs is 1. The number of Topliss-reactive ketones (excluding diaryl/α,β-unsaturated/α-hetero) is 1. The number of hydrogen-bond acceptors (Lipinski definition) is 8. The predicted octanol–water partition coefficient (Wildman–Crippen LogP) is 4.18. The van der Waals surface area contributed by atoms with Crippen molar-refractivity contribution in [3.63, 3.8) is 0 Å². The van der Waals surface area contributed by atoms with Gasteiger partial charge in [-0.2, -0.15) is 0 Å². The van der Waals surface area contributed by atoms with E-state index in [1.165, 1.54) is 0 Å². The van der Waals surface area contributed by atoms with Crippen LogP contribution in [-0.2, 0) is 9.53 Å². The molecule has 178 valence electrons. The number of anilines is 3. The molecule has 8 nitrogen and oxygen atoms in total. The van der Waals surface area contributed by atoms with Gasteiger partial charge in [-0.15, -0.1) is 5.10 Å². The number of carbonyl (C=O) groups excluding carboxylic acids is 1. The minimum atomic E-state index is -0.375. The summed E-state index contributed by atoms with van der Waals surface area (Å²) in [5.41, 5.74) is 3.85. The Kier molecular flexibility index (Phi) is 5.50. The summed E-state index contributed by atoms with van der Waals surface area (Å²) in [6, 6.07) is 24.1. The van der Waals surface area contributed by atoms with E-state index in [0.717, 1.165) is 48.9 Å². The molecule has 3 aromatic carbocycles. The van der Waals surface area contributed by atoms with Gasteiger partial charge >= 0.3 is 0 Å². The second kappa shape index (κ2) is 8.96. The molecule has 3 aliphatic rings. The molecule has 0 amide bonds. The van der Waals surface area contributed by atoms with E-state index in [1.54, 1.807) is 6.92 Å². The van der Waals surface area contributed by atoms with Crippen LogP contribution in [-0.4, -0.2) is 44.7 Å². The number of rotatable bonds is 5. The summed E-state index contributed by atoms with van der Waals surface area (Å²) in [7, 11) is 0. The number of ether oxygens (including phenoxy) is 3. The first-order chi connectivity index (χ1) is 17.2. The second-order valence-electron chi connectivity index (χ2n) is 8.63. The minimum absolute atomic E-state index is 0.105. The van der Waals surface area contributed by atoms with Crippen LogP contribution in [0.25, 0.3) is 0 Å². The summed E-state index contributed by atoms with van der Waals surface area (Å²) in [4.78, 5) is 17.1. The van der Waals surface area contributed by atoms with E-state index >= 15 is 0 Å². The van der Waals surface area contributed by atoms with E-state index in [9.17, 15) is 4.79 Å². The molecule has 3 heterocycles. The van der Waals surface area contributed by atoms with Gasteiger partial charge in [0.1, 0.15) is 0 Å². The average Bonchev–Trinajstić information content (AvgIpc) is 3.54. The molecule has 0 bridgehead atoms. The molecule has 1 atom stereocenters. The van der Waals surface area contributed by atoms with Crippen LogP contribution in [0, 0.1) is 0 Å². The van der Waals surface area contributed by atoms with Crippen molar-refractivity contribution >= 4 is 28.7 Å². The van der Waals surface area contributed by atoms with Gasteiger partial charge in [0.15, 0.2) is 29.3 Å². The minimum Gasteiger partial charge on any atom is -0.454 e. The highest BCUT2D eigenvalue weighted by Gasteiger charge is 2.39. The van der Waals surface area contributed by atoms with Crippen LogP contribution in [0.2, 0.25) is 0 Å². The van der Waals surface area contributed by atoms with Gasteiger partial charge in [-0.25, -0.2) is 5.01 Å². The van der Waals surface area contributed by atoms with Crippen molar-refractivity contribution in [2.45, 2.75) is 13.1 Å². The molecule has 3 aliphatic heterocycles. The molecule has 0 saturated carbocycles. The van der Waals surface area contributed by atoms with E-state index in [1.807, 2.05) is 58.4 Å². The number of para-hydroxylation sites is 1. The van der Waals surface area contributed by atoms with Crippen molar-refractivity contribution in [2.24, 2.45) is 5.10 Å². The zero-order valence-corrected chi connectivity index (χ0v) is 19.5. The lowest BCUT2D eigenvalue weighted by Gasteiger charge is -2.33. The van der Waals surface area contributed by atoms with Crippen molar-refractivity contribution < 1.29 is 19.0 Å². The Morgan fingerprint density at radius 3 is 2.31 bits per heavy atom. The number of amidine groups is 1. The first-order valence-corrected chi connectivity index (χ1v) is 11.7. The van der Waals surface area contributed by atoms with Crippen LogP contribution < -0.4 is 24.3 Å². The van der Waals surface area contributed by atoms with Crippen LogP contribution in [0.1, 0.15) is 18.7 Å². The summed E-state index contributed by atoms with van der Waals surface area (Å²) in [5, 5.41) is 6.70. The van der Waals surface area contributed by atoms with Gasteiger partial charge in [0.25, 0.3) is 0 Å². The third kappa shape index (κ3) is 3.95. The lowest BCUT2D eigenvalue weighted by molar-refractivity contribution is -0.111. The molecule has 1 saturated heterocycles. The Morgan fingerprint density at radius 2 is 1.57 bits per heavy atom. The van der Waals surface area contributed by atoms with E-state index in [4.69, 9.17) is 19.3 Å². The van der Waals surface area contributed by atoms with Gasteiger partial charge < -0.3 is 19.1 Å². The third-order valence-electron chi connectivity index (χ3n) is 6.44. The van der Waals surface area contributed by atoms with Gasteiger partial charge in [0.2, 0.25) is 6.79 Å². The summed E-state index contributed by atoms with van der Waals surface area (Å²) in [6.07, 6.45) is -0.375. The standard InChI is InChI=1S/C27H26N4O4/c1-19(32)26-28-31(23-5-3-2-4-6-23)27(20-7-12-24-25(17-20)35-18-34-24)30(26)22-10-8-21(9-11-22)29-13-15-33-16-14-29/h2-12,17,27H,13-16,18H2,1H3/t27-/m0/s1. The van der Waals surface area contributed by atoms with Crippen LogP contribution in [0.4, 0.5) is 17.1 Å². The Bertz CT molecular complexity index is 1260. The van der Waals surface area contributed by atoms with Crippen molar-refractivity contribution in [1.82, 2.24) is 0 Å². The molecule has 0 aromatic heterocycles. The maximum Gasteiger partial charge on any atom is 0.231 e. The Balaban J connectivity index is 1.43. The molecular formula is C27H26N4O4. The molecule has 6 rings (SSSR count). The number of nitrogens with zero attached hydrogens (tertiary/aromatic N) is 4. The number of hydrogen-bond donors (Lipinski definition) is 0. The Hall–Kier alpha value is -4.04. The summed E-state index contributed by atoms with van der Waals surface area (Å²) in [6.45, 7) is 4.95. The summed E-state index contributed by atoms with van der Waals surface area (Å²) >= 11 is 0. The zero-order valence-electron chi connectivity index (χ0n) is 19.5. The highest BCUT2D eigenvalue weighted by molar-refractivity contribution is 6.44. The number of hydrazone groups is 1. The fourth-order valence-electron chi connectivity index (χ4n) is 4.72. The van der Waals surface area contributed by atoms with Gasteiger partial charge in [-0.05, 0) is 48.5 Å². The maximum absolute atomic E-state index is 12.8. The lowest BCUT2D eigenvalue weighted by Crippen LogP contribution is -2.38. The number of benzene rings is 3. The number of carbonyl (C=O) groups is 1. The first-order valence-electron chi connectivity index (χ1n) is 11.7. The smallest absolute Gasteiger partial charge is 0.231 e. The predicted molar refractivity (Wildman–Crippen MR) is 134 cm³/mol. The second-order valence-corrected chi connectivity index (χ2v) is 8.63. The quantitative estimate of drug-likeness (QED) is 0.554. The molecule has 35 heavy (non-hydrogen) atoms. The number of morpholine rings is 1. The fourth-order valence-corrected chi connectivity index (χ4v) is 4.72. The topological polar surface area (TPSA) is 66.8 Å². The van der Waals surface area contributed by atoms with E-state index < -0.39 is 0 Å². The molecule has 0 radical (unpaired) electrons. The normalized spacial score (nSPS) is 19.2. The SMILES string of the molecule is CC(=O)C1=NN(c2ccccc2)[C@@H](c2ccc3c(c2)OCO3)N1c1ccc(N2CCOCC2)cc1.